The molecule has 3 rings (SSSR count). The number of rotatable bonds is 2. The van der Waals surface area contributed by atoms with Crippen LogP contribution in [0.15, 0.2) is 24.5 Å². The van der Waals surface area contributed by atoms with E-state index in [4.69, 9.17) is 0 Å². The van der Waals surface area contributed by atoms with Crippen molar-refractivity contribution in [2.75, 3.05) is 0 Å². The SMILES string of the molecule is Cc1nc2nc(-c3cccnc3)[nH]n2c1C=O. The number of aryl methyl sites for hydroxylation is 1. The number of carbonyl (C=O) groups is 1. The molecule has 3 aromatic heterocycles. The van der Waals surface area contributed by atoms with Crippen LogP contribution >= 0.6 is 0 Å². The third kappa shape index (κ3) is 1.42. The molecule has 0 aromatic carbocycles. The molecule has 17 heavy (non-hydrogen) atoms. The van der Waals surface area contributed by atoms with Gasteiger partial charge in [0.15, 0.2) is 12.1 Å². The van der Waals surface area contributed by atoms with E-state index in [9.17, 15) is 4.79 Å². The van der Waals surface area contributed by atoms with Crippen LogP contribution in [0.3, 0.4) is 0 Å². The van der Waals surface area contributed by atoms with Crippen LogP contribution in [0, 0.1) is 6.92 Å². The topological polar surface area (TPSA) is 75.9 Å². The molecule has 6 nitrogen and oxygen atoms in total. The molecule has 0 radical (unpaired) electrons. The summed E-state index contributed by atoms with van der Waals surface area (Å²) >= 11 is 0. The fraction of sp³-hybridized carbons (Fsp3) is 0.0909. The number of carbonyl (C=O) groups excluding carboxylic acids is 1. The van der Waals surface area contributed by atoms with Crippen LogP contribution < -0.4 is 0 Å². The molecule has 3 aromatic rings. The number of hydrogen-bond donors (Lipinski definition) is 1. The lowest BCUT2D eigenvalue weighted by molar-refractivity contribution is 0.111. The van der Waals surface area contributed by atoms with Gasteiger partial charge in [0, 0.05) is 18.0 Å². The summed E-state index contributed by atoms with van der Waals surface area (Å²) in [4.78, 5) is 23.5. The van der Waals surface area contributed by atoms with E-state index in [1.165, 1.54) is 0 Å². The Balaban J connectivity index is 2.21. The monoisotopic (exact) mass is 227 g/mol. The lowest BCUT2D eigenvalue weighted by Gasteiger charge is -1.94. The van der Waals surface area contributed by atoms with Crippen molar-refractivity contribution in [3.63, 3.8) is 0 Å². The molecule has 6 heteroatoms. The van der Waals surface area contributed by atoms with Crippen LogP contribution in [0.1, 0.15) is 16.2 Å². The molecule has 0 atom stereocenters. The van der Waals surface area contributed by atoms with Crippen molar-refractivity contribution in [2.24, 2.45) is 0 Å². The fourth-order valence-electron chi connectivity index (χ4n) is 1.71. The number of pyridine rings is 1. The van der Waals surface area contributed by atoms with Crippen molar-refractivity contribution < 1.29 is 4.79 Å². The Morgan fingerprint density at radius 3 is 3.00 bits per heavy atom. The quantitative estimate of drug-likeness (QED) is 0.668. The third-order valence-corrected chi connectivity index (χ3v) is 2.56. The van der Waals surface area contributed by atoms with Gasteiger partial charge in [0.2, 0.25) is 0 Å². The molecule has 0 saturated heterocycles. The van der Waals surface area contributed by atoms with Gasteiger partial charge in [0.25, 0.3) is 5.78 Å². The molecule has 0 unspecified atom stereocenters. The smallest absolute Gasteiger partial charge is 0.251 e. The van der Waals surface area contributed by atoms with Gasteiger partial charge < -0.3 is 0 Å². The Labute approximate surface area is 96.3 Å². The van der Waals surface area contributed by atoms with Crippen LogP contribution in [0.4, 0.5) is 0 Å². The lowest BCUT2D eigenvalue weighted by atomic mass is 10.3. The van der Waals surface area contributed by atoms with E-state index < -0.39 is 0 Å². The number of aldehydes is 1. The predicted molar refractivity (Wildman–Crippen MR) is 60.7 cm³/mol. The summed E-state index contributed by atoms with van der Waals surface area (Å²) < 4.78 is 1.57. The van der Waals surface area contributed by atoms with Gasteiger partial charge in [-0.2, -0.15) is 4.98 Å². The number of fused-ring (bicyclic) bond motifs is 1. The van der Waals surface area contributed by atoms with Gasteiger partial charge in [-0.25, -0.2) is 9.50 Å². The highest BCUT2D eigenvalue weighted by molar-refractivity contribution is 5.75. The predicted octanol–water partition coefficient (Wildman–Crippen LogP) is 1.24. The van der Waals surface area contributed by atoms with Gasteiger partial charge in [-0.1, -0.05) is 0 Å². The first-order chi connectivity index (χ1) is 8.29. The Bertz CT molecular complexity index is 683. The largest absolute Gasteiger partial charge is 0.296 e. The minimum Gasteiger partial charge on any atom is -0.296 e. The third-order valence-electron chi connectivity index (χ3n) is 2.56. The molecule has 84 valence electrons. The molecule has 0 aliphatic carbocycles. The van der Waals surface area contributed by atoms with E-state index in [0.29, 0.717) is 23.0 Å². The molecule has 0 saturated carbocycles. The molecule has 0 spiro atoms. The van der Waals surface area contributed by atoms with E-state index in [-0.39, 0.29) is 0 Å². The molecule has 0 aliphatic heterocycles. The van der Waals surface area contributed by atoms with Gasteiger partial charge in [-0.05, 0) is 19.1 Å². The highest BCUT2D eigenvalue weighted by Gasteiger charge is 2.12. The number of H-pyrrole nitrogens is 1. The van der Waals surface area contributed by atoms with Crippen molar-refractivity contribution in [2.45, 2.75) is 6.92 Å². The first-order valence-electron chi connectivity index (χ1n) is 5.10. The van der Waals surface area contributed by atoms with Crippen LogP contribution in [-0.2, 0) is 0 Å². The van der Waals surface area contributed by atoms with Crippen molar-refractivity contribution in [1.29, 1.82) is 0 Å². The number of nitrogens with zero attached hydrogens (tertiary/aromatic N) is 4. The molecular weight excluding hydrogens is 218 g/mol. The highest BCUT2D eigenvalue weighted by Crippen LogP contribution is 2.16. The fourth-order valence-corrected chi connectivity index (χ4v) is 1.71. The second kappa shape index (κ2) is 3.51. The van der Waals surface area contributed by atoms with E-state index in [0.717, 1.165) is 11.8 Å². The molecule has 0 bridgehead atoms. The highest BCUT2D eigenvalue weighted by atomic mass is 16.1. The Morgan fingerprint density at radius 2 is 2.29 bits per heavy atom. The number of aromatic nitrogens is 5. The van der Waals surface area contributed by atoms with Crippen molar-refractivity contribution in [3.8, 4) is 11.4 Å². The summed E-state index contributed by atoms with van der Waals surface area (Å²) in [6, 6.07) is 3.71. The van der Waals surface area contributed by atoms with Gasteiger partial charge in [-0.3, -0.25) is 14.9 Å². The van der Waals surface area contributed by atoms with Gasteiger partial charge in [0.1, 0.15) is 5.69 Å². The molecular formula is C11H9N5O. The first-order valence-corrected chi connectivity index (χ1v) is 5.10. The average molecular weight is 227 g/mol. The van der Waals surface area contributed by atoms with Gasteiger partial charge in [-0.15, -0.1) is 0 Å². The average Bonchev–Trinajstić information content (AvgIpc) is 2.86. The maximum Gasteiger partial charge on any atom is 0.251 e. The van der Waals surface area contributed by atoms with Gasteiger partial charge >= 0.3 is 0 Å². The number of hydrogen-bond acceptors (Lipinski definition) is 4. The zero-order valence-corrected chi connectivity index (χ0v) is 9.08. The first kappa shape index (κ1) is 9.71. The summed E-state index contributed by atoms with van der Waals surface area (Å²) in [6.45, 7) is 1.77. The Morgan fingerprint density at radius 1 is 1.41 bits per heavy atom. The summed E-state index contributed by atoms with van der Waals surface area (Å²) in [5, 5.41) is 3.02. The Hall–Kier alpha value is -2.50. The Kier molecular flexibility index (Phi) is 2.01. The summed E-state index contributed by atoms with van der Waals surface area (Å²) in [6.07, 6.45) is 4.16. The second-order valence-corrected chi connectivity index (χ2v) is 3.65. The lowest BCUT2D eigenvalue weighted by Crippen LogP contribution is -1.93. The molecule has 3 heterocycles. The molecule has 0 aliphatic rings. The zero-order valence-electron chi connectivity index (χ0n) is 9.08. The summed E-state index contributed by atoms with van der Waals surface area (Å²) in [7, 11) is 0. The van der Waals surface area contributed by atoms with Crippen molar-refractivity contribution in [3.05, 3.63) is 35.9 Å². The van der Waals surface area contributed by atoms with E-state index in [2.05, 4.69) is 20.1 Å². The van der Waals surface area contributed by atoms with Crippen LogP contribution in [0.25, 0.3) is 17.2 Å². The van der Waals surface area contributed by atoms with Crippen LogP contribution in [0.5, 0.6) is 0 Å². The van der Waals surface area contributed by atoms with Crippen LogP contribution in [-0.4, -0.2) is 30.9 Å². The van der Waals surface area contributed by atoms with E-state index in [1.807, 2.05) is 12.1 Å². The van der Waals surface area contributed by atoms with E-state index in [1.54, 1.807) is 23.8 Å². The van der Waals surface area contributed by atoms with Crippen molar-refractivity contribution in [1.82, 2.24) is 24.6 Å². The minimum atomic E-state index is 0.489. The van der Waals surface area contributed by atoms with E-state index >= 15 is 0 Å². The standard InChI is InChI=1S/C11H9N5O/c1-7-9(6-17)16-11(13-7)14-10(15-16)8-3-2-4-12-5-8/h2-6H,1H3,(H,13,14,15). The molecule has 0 fully saturated rings. The number of aromatic amines is 1. The number of nitrogens with one attached hydrogen (secondary N) is 1. The maximum absolute atomic E-state index is 10.9. The number of imidazole rings is 1. The zero-order chi connectivity index (χ0) is 11.8. The van der Waals surface area contributed by atoms with Crippen molar-refractivity contribution >= 4 is 12.1 Å². The van der Waals surface area contributed by atoms with Gasteiger partial charge in [0.05, 0.1) is 5.69 Å². The molecule has 0 amide bonds. The summed E-state index contributed by atoms with van der Waals surface area (Å²) in [5.74, 6) is 1.13. The summed E-state index contributed by atoms with van der Waals surface area (Å²) in [5.41, 5.74) is 2.01. The molecule has 1 N–H and O–H groups in total. The minimum absolute atomic E-state index is 0.489. The van der Waals surface area contributed by atoms with Crippen LogP contribution in [0.2, 0.25) is 0 Å². The maximum atomic E-state index is 10.9. The normalized spacial score (nSPS) is 10.9. The second-order valence-electron chi connectivity index (χ2n) is 3.65.